The number of pyridine rings is 1. The fraction of sp³-hybridized carbons (Fsp3) is 0. The number of aromatic hydroxyl groups is 1. The van der Waals surface area contributed by atoms with E-state index >= 15 is 0 Å². The normalized spacial score (nSPS) is 11.8. The van der Waals surface area contributed by atoms with E-state index in [4.69, 9.17) is 9.97 Å². The van der Waals surface area contributed by atoms with Crippen LogP contribution in [-0.2, 0) is 0 Å². The second-order valence-electron chi connectivity index (χ2n) is 13.6. The Kier molecular flexibility index (Phi) is 6.34. The van der Waals surface area contributed by atoms with Gasteiger partial charge in [0.2, 0.25) is 0 Å². The lowest BCUT2D eigenvalue weighted by atomic mass is 9.99. The molecule has 0 bridgehead atoms. The van der Waals surface area contributed by atoms with Crippen molar-refractivity contribution in [3.8, 4) is 56.3 Å². The van der Waals surface area contributed by atoms with E-state index in [-0.39, 0.29) is 5.75 Å². The maximum Gasteiger partial charge on any atom is 0.149 e. The Labute approximate surface area is 304 Å². The third kappa shape index (κ3) is 4.38. The van der Waals surface area contributed by atoms with Gasteiger partial charge in [-0.3, -0.25) is 9.55 Å². The number of para-hydroxylation sites is 5. The zero-order valence-corrected chi connectivity index (χ0v) is 28.5. The average Bonchev–Trinajstić information content (AvgIpc) is 3.89. The molecule has 0 amide bonds. The van der Waals surface area contributed by atoms with Crippen molar-refractivity contribution in [2.75, 3.05) is 0 Å². The smallest absolute Gasteiger partial charge is 0.149 e. The molecule has 4 heterocycles. The van der Waals surface area contributed by atoms with E-state index in [2.05, 4.69) is 148 Å². The van der Waals surface area contributed by atoms with Crippen LogP contribution in [0, 0.1) is 0 Å². The van der Waals surface area contributed by atoms with E-state index in [0.717, 1.165) is 55.7 Å². The van der Waals surface area contributed by atoms with Gasteiger partial charge in [0.15, 0.2) is 0 Å². The van der Waals surface area contributed by atoms with Crippen LogP contribution in [0.25, 0.3) is 99.7 Å². The van der Waals surface area contributed by atoms with Crippen LogP contribution < -0.4 is 0 Å². The first-order chi connectivity index (χ1) is 26.2. The molecule has 0 radical (unpaired) electrons. The Hall–Kier alpha value is -7.24. The van der Waals surface area contributed by atoms with Gasteiger partial charge in [0.1, 0.15) is 11.6 Å². The second-order valence-corrected chi connectivity index (χ2v) is 13.6. The zero-order chi connectivity index (χ0) is 35.0. The van der Waals surface area contributed by atoms with Crippen LogP contribution in [0.4, 0.5) is 0 Å². The van der Waals surface area contributed by atoms with Crippen molar-refractivity contribution in [1.82, 2.24) is 18.9 Å². The minimum absolute atomic E-state index is 0.183. The van der Waals surface area contributed by atoms with Gasteiger partial charge in [-0.2, -0.15) is 0 Å². The van der Waals surface area contributed by atoms with Gasteiger partial charge >= 0.3 is 0 Å². The topological polar surface area (TPSA) is 55.4 Å². The van der Waals surface area contributed by atoms with E-state index in [1.54, 1.807) is 6.07 Å². The number of phenolic OH excluding ortho intramolecular Hbond substituents is 1. The first-order valence-electron chi connectivity index (χ1n) is 17.8. The largest absolute Gasteiger partial charge is 0.507 e. The van der Waals surface area contributed by atoms with Gasteiger partial charge in [0, 0.05) is 38.2 Å². The van der Waals surface area contributed by atoms with Crippen molar-refractivity contribution in [1.29, 1.82) is 0 Å². The number of phenols is 1. The molecule has 0 fully saturated rings. The Bertz CT molecular complexity index is 3190. The molecule has 11 aromatic rings. The average molecular weight is 679 g/mol. The maximum atomic E-state index is 11.1. The molecule has 0 saturated heterocycles. The van der Waals surface area contributed by atoms with E-state index in [1.165, 1.54) is 32.6 Å². The number of fused-ring (bicyclic) bond motifs is 7. The van der Waals surface area contributed by atoms with Crippen LogP contribution in [0.3, 0.4) is 0 Å². The highest BCUT2D eigenvalue weighted by Crippen LogP contribution is 2.42. The molecule has 0 spiro atoms. The highest BCUT2D eigenvalue weighted by molar-refractivity contribution is 6.23. The van der Waals surface area contributed by atoms with Crippen molar-refractivity contribution >= 4 is 49.1 Å². The van der Waals surface area contributed by atoms with Crippen molar-refractivity contribution in [2.24, 2.45) is 0 Å². The van der Waals surface area contributed by atoms with E-state index in [9.17, 15) is 5.11 Å². The zero-order valence-electron chi connectivity index (χ0n) is 28.5. The Balaban J connectivity index is 1.10. The summed E-state index contributed by atoms with van der Waals surface area (Å²) in [5, 5.41) is 16.1. The third-order valence-electron chi connectivity index (χ3n) is 10.6. The van der Waals surface area contributed by atoms with Crippen LogP contribution in [0.15, 0.2) is 176 Å². The highest BCUT2D eigenvalue weighted by Gasteiger charge is 2.22. The molecular formula is C48H30N4O. The second kappa shape index (κ2) is 11.4. The molecule has 0 atom stereocenters. The molecule has 5 nitrogen and oxygen atoms in total. The number of imidazole rings is 1. The highest BCUT2D eigenvalue weighted by atomic mass is 16.3. The lowest BCUT2D eigenvalue weighted by Crippen LogP contribution is -2.00. The molecule has 0 unspecified atom stereocenters. The Morgan fingerprint density at radius 2 is 1.09 bits per heavy atom. The van der Waals surface area contributed by atoms with Crippen LogP contribution >= 0.6 is 0 Å². The predicted molar refractivity (Wildman–Crippen MR) is 217 cm³/mol. The lowest BCUT2D eigenvalue weighted by molar-refractivity contribution is 0.477. The molecular weight excluding hydrogens is 649 g/mol. The van der Waals surface area contributed by atoms with Gasteiger partial charge in [0.25, 0.3) is 0 Å². The van der Waals surface area contributed by atoms with Gasteiger partial charge in [-0.05, 0) is 53.6 Å². The first-order valence-corrected chi connectivity index (χ1v) is 17.8. The number of hydrogen-bond acceptors (Lipinski definition) is 3. The number of aromatic nitrogens is 4. The van der Waals surface area contributed by atoms with Crippen LogP contribution in [0.1, 0.15) is 0 Å². The van der Waals surface area contributed by atoms with E-state index in [1.807, 2.05) is 30.5 Å². The minimum Gasteiger partial charge on any atom is -0.507 e. The quantitative estimate of drug-likeness (QED) is 0.197. The van der Waals surface area contributed by atoms with E-state index in [0.29, 0.717) is 11.4 Å². The molecule has 4 aromatic heterocycles. The maximum absolute atomic E-state index is 11.1. The summed E-state index contributed by atoms with van der Waals surface area (Å²) in [5.41, 5.74) is 13.2. The van der Waals surface area contributed by atoms with E-state index < -0.39 is 0 Å². The van der Waals surface area contributed by atoms with Crippen molar-refractivity contribution in [2.45, 2.75) is 0 Å². The molecule has 0 saturated carbocycles. The molecule has 0 aliphatic rings. The Morgan fingerprint density at radius 3 is 1.98 bits per heavy atom. The number of benzene rings is 7. The van der Waals surface area contributed by atoms with Crippen molar-refractivity contribution in [3.05, 3.63) is 176 Å². The summed E-state index contributed by atoms with van der Waals surface area (Å²) in [6, 6.07) is 58.6. The SMILES string of the molecule is Oc1ccccc1-c1nc2c(-c3cccc(-c4cc5c6cccc7c8ccccc8n(c5cn4)c76)c3)cccc2n1-c1ccccc1-c1ccccc1. The number of nitrogens with zero attached hydrogens (tertiary/aromatic N) is 4. The molecule has 0 aliphatic heterocycles. The van der Waals surface area contributed by atoms with Crippen LogP contribution in [-0.4, -0.2) is 24.0 Å². The molecule has 7 aromatic carbocycles. The van der Waals surface area contributed by atoms with Gasteiger partial charge in [0.05, 0.1) is 50.7 Å². The van der Waals surface area contributed by atoms with Crippen LogP contribution in [0.2, 0.25) is 0 Å². The first kappa shape index (κ1) is 29.5. The molecule has 248 valence electrons. The lowest BCUT2D eigenvalue weighted by Gasteiger charge is -2.15. The monoisotopic (exact) mass is 678 g/mol. The Morgan fingerprint density at radius 1 is 0.453 bits per heavy atom. The van der Waals surface area contributed by atoms with Gasteiger partial charge in [-0.1, -0.05) is 127 Å². The van der Waals surface area contributed by atoms with Gasteiger partial charge < -0.3 is 9.51 Å². The molecule has 11 rings (SSSR count). The van der Waals surface area contributed by atoms with Crippen molar-refractivity contribution < 1.29 is 5.11 Å². The van der Waals surface area contributed by atoms with Crippen molar-refractivity contribution in [3.63, 3.8) is 0 Å². The minimum atomic E-state index is 0.183. The van der Waals surface area contributed by atoms with Gasteiger partial charge in [-0.25, -0.2) is 4.98 Å². The predicted octanol–water partition coefficient (Wildman–Crippen LogP) is 11.9. The summed E-state index contributed by atoms with van der Waals surface area (Å²) in [7, 11) is 0. The summed E-state index contributed by atoms with van der Waals surface area (Å²) in [6.45, 7) is 0. The summed E-state index contributed by atoms with van der Waals surface area (Å²) < 4.78 is 4.54. The van der Waals surface area contributed by atoms with Gasteiger partial charge in [-0.15, -0.1) is 0 Å². The molecule has 0 aliphatic carbocycles. The third-order valence-corrected chi connectivity index (χ3v) is 10.6. The van der Waals surface area contributed by atoms with Crippen LogP contribution in [0.5, 0.6) is 5.75 Å². The number of rotatable bonds is 5. The molecule has 5 heteroatoms. The summed E-state index contributed by atoms with van der Waals surface area (Å²) >= 11 is 0. The molecule has 53 heavy (non-hydrogen) atoms. The summed E-state index contributed by atoms with van der Waals surface area (Å²) in [6.07, 6.45) is 2.02. The summed E-state index contributed by atoms with van der Waals surface area (Å²) in [5.74, 6) is 0.860. The summed E-state index contributed by atoms with van der Waals surface area (Å²) in [4.78, 5) is 10.4. The standard InChI is InChI=1S/C48H30N4O/c53-45-26-9-6-19-38(45)48-50-46-34(20-12-25-43(46)52(48)41-23-7-4-17-33(41)30-13-2-1-3-14-30)31-15-10-16-32(27-31)40-28-39-37-22-11-21-36-35-18-5-8-24-42(35)51(47(36)37)44(39)29-49-40/h1-29,53H. The number of hydrogen-bond donors (Lipinski definition) is 1. The fourth-order valence-corrected chi connectivity index (χ4v) is 8.28. The molecule has 1 N–H and O–H groups in total. The fourth-order valence-electron chi connectivity index (χ4n) is 8.28.